The number of piperazine rings is 1. The monoisotopic (exact) mass is 433 g/mol. The maximum atomic E-state index is 12.8. The van der Waals surface area contributed by atoms with Gasteiger partial charge in [0.1, 0.15) is 6.04 Å². The van der Waals surface area contributed by atoms with Gasteiger partial charge in [-0.15, -0.1) is 0 Å². The van der Waals surface area contributed by atoms with Crippen molar-refractivity contribution in [2.75, 3.05) is 26.2 Å². The van der Waals surface area contributed by atoms with Crippen LogP contribution in [0.2, 0.25) is 5.02 Å². The molecule has 0 radical (unpaired) electrons. The summed E-state index contributed by atoms with van der Waals surface area (Å²) in [7, 11) is -3.59. The summed E-state index contributed by atoms with van der Waals surface area (Å²) in [5.74, 6) is -0.981. The van der Waals surface area contributed by atoms with Gasteiger partial charge < -0.3 is 10.1 Å². The molecule has 2 heterocycles. The molecule has 0 aliphatic carbocycles. The number of fused-ring (bicyclic) bond motifs is 1. The number of hydrogen-bond acceptors (Lipinski definition) is 4. The summed E-state index contributed by atoms with van der Waals surface area (Å²) in [6, 6.07) is 12.7. The number of sulfonamides is 1. The van der Waals surface area contributed by atoms with E-state index < -0.39 is 22.0 Å². The Morgan fingerprint density at radius 2 is 1.76 bits per heavy atom. The molecule has 1 aliphatic heterocycles. The van der Waals surface area contributed by atoms with Crippen LogP contribution in [0.4, 0.5) is 0 Å². The van der Waals surface area contributed by atoms with Crippen LogP contribution in [0.5, 0.6) is 0 Å². The highest BCUT2D eigenvalue weighted by Crippen LogP contribution is 2.31. The molecule has 3 aromatic rings. The maximum absolute atomic E-state index is 12.8. The molecule has 0 saturated carbocycles. The van der Waals surface area contributed by atoms with E-state index in [2.05, 4.69) is 4.98 Å². The van der Waals surface area contributed by atoms with E-state index >= 15 is 0 Å². The quantitative estimate of drug-likeness (QED) is 0.645. The number of hydrogen-bond donors (Lipinski definition) is 2. The van der Waals surface area contributed by atoms with Gasteiger partial charge in [-0.05, 0) is 30.3 Å². The minimum absolute atomic E-state index is 0.226. The fourth-order valence-corrected chi connectivity index (χ4v) is 5.39. The number of carbonyl (C=O) groups is 1. The summed E-state index contributed by atoms with van der Waals surface area (Å²) in [5.41, 5.74) is 1.43. The Kier molecular flexibility index (Phi) is 5.35. The zero-order valence-electron chi connectivity index (χ0n) is 15.5. The topological polar surface area (TPSA) is 93.7 Å². The normalized spacial score (nSPS) is 17.4. The Labute approximate surface area is 173 Å². The summed E-state index contributed by atoms with van der Waals surface area (Å²) in [6.45, 7) is 1.08. The summed E-state index contributed by atoms with van der Waals surface area (Å²) in [6.07, 6.45) is 1.69. The Balaban J connectivity index is 1.57. The standard InChI is InChI=1S/C20H20ClN3O4S/c21-14-6-7-18-16(12-14)17(13-22-18)19(20(25)26)23-8-10-24(11-9-23)29(27,28)15-4-2-1-3-5-15/h1-7,12-13,19,22H,8-11H2,(H,25,26)/t19-/m0/s1. The van der Waals surface area contributed by atoms with Gasteiger partial charge in [0.25, 0.3) is 0 Å². The minimum atomic E-state index is -3.59. The van der Waals surface area contributed by atoms with Crippen molar-refractivity contribution in [3.8, 4) is 0 Å². The predicted molar refractivity (Wildman–Crippen MR) is 110 cm³/mol. The van der Waals surface area contributed by atoms with Gasteiger partial charge in [-0.1, -0.05) is 29.8 Å². The molecular weight excluding hydrogens is 414 g/mol. The average molecular weight is 434 g/mol. The van der Waals surface area contributed by atoms with Gasteiger partial charge in [0, 0.05) is 53.9 Å². The van der Waals surface area contributed by atoms with Crippen molar-refractivity contribution >= 4 is 38.5 Å². The SMILES string of the molecule is O=C(O)[C@H](c1c[nH]c2ccc(Cl)cc12)N1CCN(S(=O)(=O)c2ccccc2)CC1. The molecule has 0 spiro atoms. The molecule has 0 amide bonds. The summed E-state index contributed by atoms with van der Waals surface area (Å²) in [4.78, 5) is 17.2. The number of halogens is 1. The van der Waals surface area contributed by atoms with E-state index in [0.717, 1.165) is 10.9 Å². The van der Waals surface area contributed by atoms with E-state index in [1.165, 1.54) is 4.31 Å². The molecule has 1 saturated heterocycles. The lowest BCUT2D eigenvalue weighted by molar-refractivity contribution is -0.144. The van der Waals surface area contributed by atoms with Crippen LogP contribution < -0.4 is 0 Å². The fourth-order valence-electron chi connectivity index (χ4n) is 3.77. The van der Waals surface area contributed by atoms with Crippen LogP contribution in [0.1, 0.15) is 11.6 Å². The van der Waals surface area contributed by atoms with Crippen LogP contribution in [0.25, 0.3) is 10.9 Å². The number of nitrogens with one attached hydrogen (secondary N) is 1. The van der Waals surface area contributed by atoms with E-state index in [9.17, 15) is 18.3 Å². The van der Waals surface area contributed by atoms with Gasteiger partial charge in [0.15, 0.2) is 0 Å². The molecule has 7 nitrogen and oxygen atoms in total. The lowest BCUT2D eigenvalue weighted by atomic mass is 10.0. The summed E-state index contributed by atoms with van der Waals surface area (Å²) >= 11 is 6.10. The van der Waals surface area contributed by atoms with Gasteiger partial charge in [0.05, 0.1) is 4.90 Å². The molecule has 2 N–H and O–H groups in total. The first-order valence-corrected chi connectivity index (χ1v) is 11.0. The van der Waals surface area contributed by atoms with Crippen molar-refractivity contribution in [3.05, 3.63) is 65.3 Å². The molecule has 152 valence electrons. The van der Waals surface area contributed by atoms with Gasteiger partial charge in [-0.25, -0.2) is 8.42 Å². The molecule has 0 bridgehead atoms. The highest BCUT2D eigenvalue weighted by molar-refractivity contribution is 7.89. The van der Waals surface area contributed by atoms with E-state index in [1.807, 2.05) is 6.07 Å². The average Bonchev–Trinajstić information content (AvgIpc) is 3.12. The molecular formula is C20H20ClN3O4S. The minimum Gasteiger partial charge on any atom is -0.480 e. The van der Waals surface area contributed by atoms with E-state index in [0.29, 0.717) is 23.7 Å². The largest absolute Gasteiger partial charge is 0.480 e. The van der Waals surface area contributed by atoms with Crippen LogP contribution in [-0.2, 0) is 14.8 Å². The number of carboxylic acids is 1. The van der Waals surface area contributed by atoms with Gasteiger partial charge in [0.2, 0.25) is 10.0 Å². The first kappa shape index (κ1) is 19.9. The number of nitrogens with zero attached hydrogens (tertiary/aromatic N) is 2. The van der Waals surface area contributed by atoms with Crippen molar-refractivity contribution in [3.63, 3.8) is 0 Å². The molecule has 4 rings (SSSR count). The van der Waals surface area contributed by atoms with E-state index in [-0.39, 0.29) is 18.0 Å². The highest BCUT2D eigenvalue weighted by Gasteiger charge is 2.35. The molecule has 29 heavy (non-hydrogen) atoms. The van der Waals surface area contributed by atoms with Gasteiger partial charge in [-0.2, -0.15) is 4.31 Å². The Morgan fingerprint density at radius 1 is 1.07 bits per heavy atom. The van der Waals surface area contributed by atoms with Crippen LogP contribution in [0.3, 0.4) is 0 Å². The van der Waals surface area contributed by atoms with Crippen molar-refractivity contribution < 1.29 is 18.3 Å². The van der Waals surface area contributed by atoms with Crippen molar-refractivity contribution in [2.24, 2.45) is 0 Å². The second-order valence-corrected chi connectivity index (χ2v) is 9.30. The first-order chi connectivity index (χ1) is 13.9. The molecule has 1 aromatic heterocycles. The number of aromatic amines is 1. The fraction of sp³-hybridized carbons (Fsp3) is 0.250. The molecule has 2 aromatic carbocycles. The van der Waals surface area contributed by atoms with Crippen LogP contribution in [0.15, 0.2) is 59.6 Å². The first-order valence-electron chi connectivity index (χ1n) is 9.16. The number of carboxylic acid groups (broad SMARTS) is 1. The second-order valence-electron chi connectivity index (χ2n) is 6.93. The number of H-pyrrole nitrogens is 1. The summed E-state index contributed by atoms with van der Waals surface area (Å²) < 4.78 is 27.0. The highest BCUT2D eigenvalue weighted by atomic mass is 35.5. The second kappa shape index (κ2) is 7.79. The number of benzene rings is 2. The Morgan fingerprint density at radius 3 is 2.41 bits per heavy atom. The van der Waals surface area contributed by atoms with Crippen molar-refractivity contribution in [2.45, 2.75) is 10.9 Å². The molecule has 1 aliphatic rings. The number of aliphatic carboxylic acids is 1. The zero-order valence-corrected chi connectivity index (χ0v) is 17.0. The third-order valence-electron chi connectivity index (χ3n) is 5.22. The van der Waals surface area contributed by atoms with Crippen molar-refractivity contribution in [1.82, 2.24) is 14.2 Å². The lowest BCUT2D eigenvalue weighted by Crippen LogP contribution is -2.50. The van der Waals surface area contributed by atoms with Crippen LogP contribution in [0, 0.1) is 0 Å². The molecule has 9 heteroatoms. The van der Waals surface area contributed by atoms with Crippen LogP contribution >= 0.6 is 11.6 Å². The molecule has 0 unspecified atom stereocenters. The van der Waals surface area contributed by atoms with Gasteiger partial charge in [-0.3, -0.25) is 9.69 Å². The zero-order chi connectivity index (χ0) is 20.6. The Hall–Kier alpha value is -2.39. The third-order valence-corrected chi connectivity index (χ3v) is 7.37. The molecule has 1 fully saturated rings. The Bertz CT molecular complexity index is 1140. The summed E-state index contributed by atoms with van der Waals surface area (Å²) in [5, 5.41) is 11.2. The van der Waals surface area contributed by atoms with E-state index in [4.69, 9.17) is 11.6 Å². The molecule has 1 atom stereocenters. The lowest BCUT2D eigenvalue weighted by Gasteiger charge is -2.37. The number of aromatic nitrogens is 1. The maximum Gasteiger partial charge on any atom is 0.325 e. The predicted octanol–water partition coefficient (Wildman–Crippen LogP) is 2.95. The van der Waals surface area contributed by atoms with E-state index in [1.54, 1.807) is 53.6 Å². The van der Waals surface area contributed by atoms with Crippen LogP contribution in [-0.4, -0.2) is 59.9 Å². The van der Waals surface area contributed by atoms with Crippen molar-refractivity contribution in [1.29, 1.82) is 0 Å². The smallest absolute Gasteiger partial charge is 0.325 e. The third kappa shape index (κ3) is 3.76. The van der Waals surface area contributed by atoms with Gasteiger partial charge >= 0.3 is 5.97 Å². The number of rotatable bonds is 5.